The van der Waals surface area contributed by atoms with Gasteiger partial charge < -0.3 is 4.90 Å². The quantitative estimate of drug-likeness (QED) is 0.197. The molecule has 4 aromatic rings. The number of rotatable bonds is 10. The Balaban J connectivity index is 1.91. The van der Waals surface area contributed by atoms with Gasteiger partial charge in [-0.05, 0) is 86.3 Å². The predicted molar refractivity (Wildman–Crippen MR) is 156 cm³/mol. The Morgan fingerprint density at radius 3 is 2.37 bits per heavy atom. The molecule has 38 heavy (non-hydrogen) atoms. The molecule has 5 nitrogen and oxygen atoms in total. The second kappa shape index (κ2) is 12.4. The highest BCUT2D eigenvalue weighted by atomic mass is 35.5. The summed E-state index contributed by atoms with van der Waals surface area (Å²) in [5, 5.41) is 1.14. The van der Waals surface area contributed by atoms with Gasteiger partial charge in [0, 0.05) is 17.1 Å². The molecule has 0 aliphatic carbocycles. The summed E-state index contributed by atoms with van der Waals surface area (Å²) >= 11 is 6.11. The third-order valence-corrected chi connectivity index (χ3v) is 7.47. The lowest BCUT2D eigenvalue weighted by molar-refractivity contribution is 0.0654. The zero-order valence-electron chi connectivity index (χ0n) is 22.7. The van der Waals surface area contributed by atoms with Gasteiger partial charge in [0.1, 0.15) is 5.82 Å². The monoisotopic (exact) mass is 529 g/mol. The third kappa shape index (κ3) is 5.83. The minimum absolute atomic E-state index is 0.0842. The zero-order valence-corrected chi connectivity index (χ0v) is 23.5. The van der Waals surface area contributed by atoms with Gasteiger partial charge in [-0.2, -0.15) is 0 Å². The van der Waals surface area contributed by atoms with Crippen molar-refractivity contribution >= 4 is 28.4 Å². The average molecular weight is 530 g/mol. The number of halogens is 1. The predicted octanol–water partition coefficient (Wildman–Crippen LogP) is 7.83. The number of carbonyl (C=O) groups is 1. The maximum atomic E-state index is 14.0. The summed E-state index contributed by atoms with van der Waals surface area (Å²) in [6.07, 6.45) is 4.75. The summed E-state index contributed by atoms with van der Waals surface area (Å²) in [5.41, 5.74) is 4.08. The molecule has 6 heteroatoms. The van der Waals surface area contributed by atoms with Gasteiger partial charge >= 0.3 is 0 Å². The Morgan fingerprint density at radius 1 is 0.947 bits per heavy atom. The van der Waals surface area contributed by atoms with Crippen LogP contribution in [0.3, 0.4) is 0 Å². The maximum Gasteiger partial charge on any atom is 0.266 e. The number of aryl methyl sites for hydroxylation is 2. The molecule has 1 heterocycles. The minimum atomic E-state index is -0.390. The standard InChI is InChI=1S/C32H36ClN3O2/c1-5-7-8-11-20-35(31(37)24-15-17-25(33)18-16-24)29(6-2)30-34-28-13-10-9-12-27(28)32(38)36(30)26-19-14-22(3)23(4)21-26/h9-10,12-19,21,29H,5-8,11,20H2,1-4H3. The van der Waals surface area contributed by atoms with Gasteiger partial charge in [0.2, 0.25) is 0 Å². The number of unbranched alkanes of at least 4 members (excludes halogenated alkanes) is 3. The number of hydrogen-bond donors (Lipinski definition) is 0. The molecule has 1 unspecified atom stereocenters. The van der Waals surface area contributed by atoms with E-state index >= 15 is 0 Å². The molecule has 0 aliphatic heterocycles. The van der Waals surface area contributed by atoms with E-state index in [9.17, 15) is 9.59 Å². The molecule has 0 N–H and O–H groups in total. The third-order valence-electron chi connectivity index (χ3n) is 7.22. The number of carbonyl (C=O) groups excluding carboxylic acids is 1. The molecule has 3 aromatic carbocycles. The van der Waals surface area contributed by atoms with E-state index in [1.165, 1.54) is 0 Å². The van der Waals surface area contributed by atoms with E-state index in [2.05, 4.69) is 13.8 Å². The number of nitrogens with zero attached hydrogens (tertiary/aromatic N) is 3. The molecule has 0 radical (unpaired) electrons. The highest BCUT2D eigenvalue weighted by Gasteiger charge is 2.29. The fourth-order valence-corrected chi connectivity index (χ4v) is 5.02. The fourth-order valence-electron chi connectivity index (χ4n) is 4.90. The summed E-state index contributed by atoms with van der Waals surface area (Å²) in [5.74, 6) is 0.497. The lowest BCUT2D eigenvalue weighted by Crippen LogP contribution is -2.39. The average Bonchev–Trinajstić information content (AvgIpc) is 2.92. The van der Waals surface area contributed by atoms with Gasteiger partial charge in [0.05, 0.1) is 22.6 Å². The van der Waals surface area contributed by atoms with Crippen LogP contribution in [-0.2, 0) is 0 Å². The summed E-state index contributed by atoms with van der Waals surface area (Å²) in [6, 6.07) is 20.1. The van der Waals surface area contributed by atoms with Gasteiger partial charge in [-0.3, -0.25) is 14.2 Å². The van der Waals surface area contributed by atoms with Crippen LogP contribution in [0.1, 0.15) is 79.3 Å². The Bertz CT molecular complexity index is 1480. The highest BCUT2D eigenvalue weighted by molar-refractivity contribution is 6.30. The maximum absolute atomic E-state index is 14.0. The Morgan fingerprint density at radius 2 is 1.68 bits per heavy atom. The molecule has 4 rings (SSSR count). The Hall–Kier alpha value is -3.44. The van der Waals surface area contributed by atoms with Crippen molar-refractivity contribution in [2.24, 2.45) is 0 Å². The summed E-state index contributed by atoms with van der Waals surface area (Å²) in [7, 11) is 0. The van der Waals surface area contributed by atoms with Crippen molar-refractivity contribution < 1.29 is 4.79 Å². The summed E-state index contributed by atoms with van der Waals surface area (Å²) in [6.45, 7) is 8.89. The van der Waals surface area contributed by atoms with Crippen molar-refractivity contribution in [3.63, 3.8) is 0 Å². The molecule has 198 valence electrons. The smallest absolute Gasteiger partial charge is 0.266 e. The van der Waals surface area contributed by atoms with Crippen molar-refractivity contribution in [2.45, 2.75) is 65.8 Å². The van der Waals surface area contributed by atoms with Crippen LogP contribution in [0.2, 0.25) is 5.02 Å². The zero-order chi connectivity index (χ0) is 27.2. The van der Waals surface area contributed by atoms with E-state index < -0.39 is 6.04 Å². The normalized spacial score (nSPS) is 12.0. The first kappa shape index (κ1) is 27.6. The Kier molecular flexibility index (Phi) is 9.01. The van der Waals surface area contributed by atoms with Gasteiger partial charge in [-0.25, -0.2) is 4.98 Å². The van der Waals surface area contributed by atoms with Crippen LogP contribution < -0.4 is 5.56 Å². The Labute approximate surface area is 230 Å². The van der Waals surface area contributed by atoms with Gasteiger partial charge in [0.25, 0.3) is 11.5 Å². The minimum Gasteiger partial charge on any atom is -0.328 e. The summed E-state index contributed by atoms with van der Waals surface area (Å²) in [4.78, 5) is 34.9. The van der Waals surface area contributed by atoms with Crippen molar-refractivity contribution in [2.75, 3.05) is 6.54 Å². The molecule has 1 amide bonds. The van der Waals surface area contributed by atoms with Crippen LogP contribution in [0.4, 0.5) is 0 Å². The number of aromatic nitrogens is 2. The SMILES string of the molecule is CCCCCCN(C(=O)c1ccc(Cl)cc1)C(CC)c1nc2ccccc2c(=O)n1-c1ccc(C)c(C)c1. The van der Waals surface area contributed by atoms with Crippen molar-refractivity contribution in [1.29, 1.82) is 0 Å². The van der Waals surface area contributed by atoms with Gasteiger partial charge in [-0.15, -0.1) is 0 Å². The lowest BCUT2D eigenvalue weighted by Gasteiger charge is -2.32. The molecule has 0 saturated heterocycles. The molecule has 0 spiro atoms. The van der Waals surface area contributed by atoms with Crippen LogP contribution in [0.25, 0.3) is 16.6 Å². The molecule has 0 bridgehead atoms. The number of hydrogen-bond acceptors (Lipinski definition) is 3. The molecular weight excluding hydrogens is 494 g/mol. The van der Waals surface area contributed by atoms with Crippen LogP contribution in [0.5, 0.6) is 0 Å². The first-order valence-electron chi connectivity index (χ1n) is 13.5. The van der Waals surface area contributed by atoms with Crippen molar-refractivity contribution in [1.82, 2.24) is 14.5 Å². The largest absolute Gasteiger partial charge is 0.328 e. The molecule has 0 fully saturated rings. The molecule has 0 saturated carbocycles. The van der Waals surface area contributed by atoms with Crippen LogP contribution >= 0.6 is 11.6 Å². The highest BCUT2D eigenvalue weighted by Crippen LogP contribution is 2.29. The van der Waals surface area contributed by atoms with E-state index in [0.717, 1.165) is 42.5 Å². The lowest BCUT2D eigenvalue weighted by atomic mass is 10.1. The first-order valence-corrected chi connectivity index (χ1v) is 13.9. The van der Waals surface area contributed by atoms with E-state index in [4.69, 9.17) is 16.6 Å². The van der Waals surface area contributed by atoms with Crippen LogP contribution in [0.15, 0.2) is 71.5 Å². The second-order valence-electron chi connectivity index (χ2n) is 9.89. The van der Waals surface area contributed by atoms with E-state index in [1.54, 1.807) is 28.8 Å². The van der Waals surface area contributed by atoms with E-state index in [1.807, 2.05) is 61.2 Å². The number of benzene rings is 3. The van der Waals surface area contributed by atoms with Crippen LogP contribution in [-0.4, -0.2) is 26.9 Å². The molecule has 1 aromatic heterocycles. The molecule has 1 atom stereocenters. The molecule has 0 aliphatic rings. The van der Waals surface area contributed by atoms with Gasteiger partial charge in [-0.1, -0.05) is 62.9 Å². The molecular formula is C32H36ClN3O2. The van der Waals surface area contributed by atoms with Crippen molar-refractivity contribution in [3.8, 4) is 5.69 Å². The van der Waals surface area contributed by atoms with E-state index in [-0.39, 0.29) is 11.5 Å². The number of para-hydroxylation sites is 1. The van der Waals surface area contributed by atoms with Gasteiger partial charge in [0.15, 0.2) is 0 Å². The number of amides is 1. The number of fused-ring (bicyclic) bond motifs is 1. The van der Waals surface area contributed by atoms with Crippen LogP contribution in [0, 0.1) is 13.8 Å². The first-order chi connectivity index (χ1) is 18.3. The van der Waals surface area contributed by atoms with Crippen molar-refractivity contribution in [3.05, 3.63) is 105 Å². The summed E-state index contributed by atoms with van der Waals surface area (Å²) < 4.78 is 1.71. The second-order valence-corrected chi connectivity index (χ2v) is 10.3. The topological polar surface area (TPSA) is 55.2 Å². The van der Waals surface area contributed by atoms with E-state index in [0.29, 0.717) is 40.3 Å². The fraction of sp³-hybridized carbons (Fsp3) is 0.344.